The van der Waals surface area contributed by atoms with E-state index in [-0.39, 0.29) is 11.5 Å². The highest BCUT2D eigenvalue weighted by molar-refractivity contribution is 8.02. The normalized spacial score (nSPS) is 11.9. The molecule has 0 aliphatic rings. The number of nitrogens with zero attached hydrogens (tertiary/aromatic N) is 1. The zero-order valence-corrected chi connectivity index (χ0v) is 11.1. The van der Waals surface area contributed by atoms with Crippen LogP contribution in [-0.2, 0) is 9.84 Å². The minimum Gasteiger partial charge on any atom is -0.375 e. The predicted octanol–water partition coefficient (Wildman–Crippen LogP) is 1.56. The lowest BCUT2D eigenvalue weighted by Gasteiger charge is -1.99. The summed E-state index contributed by atoms with van der Waals surface area (Å²) in [5.74, 6) is 0.988. The number of thioether (sulfide) groups is 1. The Morgan fingerprint density at radius 3 is 2.67 bits per heavy atom. The second kappa shape index (κ2) is 5.18. The fourth-order valence-corrected chi connectivity index (χ4v) is 4.33. The first-order valence-corrected chi connectivity index (χ1v) is 8.13. The topological polar surface area (TPSA) is 73.0 Å². The number of nitrogen functional groups attached to an aromatic ring is 1. The van der Waals surface area contributed by atoms with Crippen molar-refractivity contribution >= 4 is 38.1 Å². The smallest absolute Gasteiger partial charge is 0.181 e. The van der Waals surface area contributed by atoms with Gasteiger partial charge in [0.2, 0.25) is 0 Å². The van der Waals surface area contributed by atoms with E-state index >= 15 is 0 Å². The van der Waals surface area contributed by atoms with E-state index < -0.39 is 9.84 Å². The molecule has 0 spiro atoms. The number of anilines is 1. The third kappa shape index (κ3) is 4.00. The number of hydrogen-bond acceptors (Lipinski definition) is 6. The molecule has 0 saturated carbocycles. The second-order valence-corrected chi connectivity index (χ2v) is 7.88. The molecule has 0 unspecified atom stereocenters. The molecule has 0 bridgehead atoms. The van der Waals surface area contributed by atoms with Crippen molar-refractivity contribution in [1.82, 2.24) is 4.98 Å². The molecule has 7 heteroatoms. The number of rotatable bonds is 5. The lowest BCUT2D eigenvalue weighted by molar-refractivity contribution is 0.599. The molecule has 0 aliphatic heterocycles. The summed E-state index contributed by atoms with van der Waals surface area (Å²) in [6.45, 7) is 3.54. The van der Waals surface area contributed by atoms with E-state index in [0.717, 1.165) is 9.90 Å². The molecule has 4 nitrogen and oxygen atoms in total. The summed E-state index contributed by atoms with van der Waals surface area (Å²) in [5.41, 5.74) is 6.42. The summed E-state index contributed by atoms with van der Waals surface area (Å²) in [4.78, 5) is 4.07. The first-order chi connectivity index (χ1) is 6.94. The van der Waals surface area contributed by atoms with Gasteiger partial charge in [-0.2, -0.15) is 0 Å². The molecular formula is C8H14N2O2S3. The van der Waals surface area contributed by atoms with Gasteiger partial charge in [0.05, 0.1) is 15.7 Å². The van der Waals surface area contributed by atoms with Crippen LogP contribution in [-0.4, -0.2) is 30.7 Å². The minimum atomic E-state index is -2.86. The maximum atomic E-state index is 11.2. The number of sulfone groups is 1. The molecule has 1 aromatic rings. The van der Waals surface area contributed by atoms with Crippen molar-refractivity contribution in [1.29, 1.82) is 0 Å². The zero-order valence-electron chi connectivity index (χ0n) is 8.69. The van der Waals surface area contributed by atoms with Crippen LogP contribution in [0.5, 0.6) is 0 Å². The van der Waals surface area contributed by atoms with Gasteiger partial charge in [0.25, 0.3) is 0 Å². The molecule has 0 aromatic carbocycles. The third-order valence-corrected chi connectivity index (χ3v) is 6.15. The van der Waals surface area contributed by atoms with Crippen molar-refractivity contribution in [3.63, 3.8) is 0 Å². The molecule has 0 amide bonds. The van der Waals surface area contributed by atoms with Gasteiger partial charge in [-0.15, -0.1) is 11.8 Å². The van der Waals surface area contributed by atoms with Gasteiger partial charge in [0.15, 0.2) is 15.0 Å². The number of aryl methyl sites for hydroxylation is 1. The minimum absolute atomic E-state index is 0.206. The summed E-state index contributed by atoms with van der Waals surface area (Å²) in [5, 5.41) is 0.536. The molecule has 1 aromatic heterocycles. The van der Waals surface area contributed by atoms with E-state index in [9.17, 15) is 8.42 Å². The van der Waals surface area contributed by atoms with Gasteiger partial charge in [-0.1, -0.05) is 18.3 Å². The van der Waals surface area contributed by atoms with Gasteiger partial charge in [-0.25, -0.2) is 13.4 Å². The van der Waals surface area contributed by atoms with E-state index in [4.69, 9.17) is 5.73 Å². The van der Waals surface area contributed by atoms with Crippen LogP contribution in [0.4, 0.5) is 5.13 Å². The Hall–Kier alpha value is -0.270. The summed E-state index contributed by atoms with van der Waals surface area (Å²) in [6, 6.07) is 0. The van der Waals surface area contributed by atoms with Crippen LogP contribution < -0.4 is 5.73 Å². The largest absolute Gasteiger partial charge is 0.375 e. The Balaban J connectivity index is 2.48. The highest BCUT2D eigenvalue weighted by Crippen LogP contribution is 2.30. The highest BCUT2D eigenvalue weighted by Gasteiger charge is 2.10. The lowest BCUT2D eigenvalue weighted by Crippen LogP contribution is -2.10. The van der Waals surface area contributed by atoms with Gasteiger partial charge >= 0.3 is 0 Å². The Morgan fingerprint density at radius 2 is 2.20 bits per heavy atom. The number of nitrogens with two attached hydrogens (primary N) is 1. The van der Waals surface area contributed by atoms with Crippen LogP contribution >= 0.6 is 23.1 Å². The fourth-order valence-electron chi connectivity index (χ4n) is 0.942. The van der Waals surface area contributed by atoms with Crippen LogP contribution in [0.25, 0.3) is 0 Å². The SMILES string of the molecule is CCS(=O)(=O)CCSc1sc(N)nc1C. The first-order valence-electron chi connectivity index (χ1n) is 4.50. The third-order valence-electron chi connectivity index (χ3n) is 1.84. The maximum Gasteiger partial charge on any atom is 0.181 e. The van der Waals surface area contributed by atoms with E-state index in [1.54, 1.807) is 6.92 Å². The van der Waals surface area contributed by atoms with Gasteiger partial charge in [-0.3, -0.25) is 0 Å². The summed E-state index contributed by atoms with van der Waals surface area (Å²) in [6.07, 6.45) is 0. The number of aromatic nitrogens is 1. The Kier molecular flexibility index (Phi) is 4.42. The van der Waals surface area contributed by atoms with Crippen molar-refractivity contribution in [2.45, 2.75) is 18.1 Å². The number of hydrogen-bond donors (Lipinski definition) is 1. The molecule has 15 heavy (non-hydrogen) atoms. The van der Waals surface area contributed by atoms with Crippen LogP contribution in [0.3, 0.4) is 0 Å². The average Bonchev–Trinajstić information content (AvgIpc) is 2.45. The van der Waals surface area contributed by atoms with E-state index in [1.807, 2.05) is 6.92 Å². The van der Waals surface area contributed by atoms with Crippen molar-refractivity contribution < 1.29 is 8.42 Å². The molecule has 2 N–H and O–H groups in total. The van der Waals surface area contributed by atoms with Crippen molar-refractivity contribution in [2.24, 2.45) is 0 Å². The highest BCUT2D eigenvalue weighted by atomic mass is 32.2. The van der Waals surface area contributed by atoms with Crippen molar-refractivity contribution in [3.05, 3.63) is 5.69 Å². The van der Waals surface area contributed by atoms with Gasteiger partial charge < -0.3 is 5.73 Å². The number of thiazole rings is 1. The van der Waals surface area contributed by atoms with Crippen LogP contribution in [0.2, 0.25) is 0 Å². The van der Waals surface area contributed by atoms with Crippen molar-refractivity contribution in [3.8, 4) is 0 Å². The van der Waals surface area contributed by atoms with E-state index in [2.05, 4.69) is 4.98 Å². The van der Waals surface area contributed by atoms with Gasteiger partial charge in [0.1, 0.15) is 0 Å². The molecule has 86 valence electrons. The molecule has 0 fully saturated rings. The Labute approximate surface area is 98.2 Å². The Bertz CT molecular complexity index is 425. The second-order valence-electron chi connectivity index (χ2n) is 3.01. The quantitative estimate of drug-likeness (QED) is 0.819. The first kappa shape index (κ1) is 12.8. The van der Waals surface area contributed by atoms with Crippen LogP contribution in [0.15, 0.2) is 4.21 Å². The van der Waals surface area contributed by atoms with Gasteiger partial charge in [-0.05, 0) is 6.92 Å². The molecular weight excluding hydrogens is 252 g/mol. The summed E-state index contributed by atoms with van der Waals surface area (Å²) in [7, 11) is -2.86. The zero-order chi connectivity index (χ0) is 11.5. The molecule has 1 heterocycles. The van der Waals surface area contributed by atoms with Crippen LogP contribution in [0, 0.1) is 6.92 Å². The maximum absolute atomic E-state index is 11.2. The van der Waals surface area contributed by atoms with Crippen LogP contribution in [0.1, 0.15) is 12.6 Å². The monoisotopic (exact) mass is 266 g/mol. The fraction of sp³-hybridized carbons (Fsp3) is 0.625. The van der Waals surface area contributed by atoms with E-state index in [0.29, 0.717) is 10.9 Å². The van der Waals surface area contributed by atoms with E-state index in [1.165, 1.54) is 23.1 Å². The molecule has 0 radical (unpaired) electrons. The van der Waals surface area contributed by atoms with Crippen molar-refractivity contribution in [2.75, 3.05) is 23.0 Å². The molecule has 0 saturated heterocycles. The van der Waals surface area contributed by atoms with Gasteiger partial charge in [0, 0.05) is 11.5 Å². The molecule has 1 rings (SSSR count). The predicted molar refractivity (Wildman–Crippen MR) is 66.3 cm³/mol. The average molecular weight is 266 g/mol. The standard InChI is InChI=1S/C8H14N2O2S3/c1-3-15(11,12)5-4-13-7-6(2)10-8(9)14-7/h3-5H2,1-2H3,(H2,9,10). The lowest BCUT2D eigenvalue weighted by atomic mass is 10.6. The molecule has 0 atom stereocenters. The Morgan fingerprint density at radius 1 is 1.53 bits per heavy atom. The molecule has 0 aliphatic carbocycles. The summed E-state index contributed by atoms with van der Waals surface area (Å²) >= 11 is 2.91. The summed E-state index contributed by atoms with van der Waals surface area (Å²) < 4.78 is 23.5.